The van der Waals surface area contributed by atoms with Crippen LogP contribution in [0.1, 0.15) is 0 Å². The smallest absolute Gasteiger partial charge is 0.409 e. The van der Waals surface area contributed by atoms with Gasteiger partial charge in [0.2, 0.25) is 0 Å². The van der Waals surface area contributed by atoms with Crippen LogP contribution < -0.4 is 4.90 Å². The van der Waals surface area contributed by atoms with Crippen LogP contribution in [0.4, 0.5) is 10.5 Å². The zero-order chi connectivity index (χ0) is 17.6. The molecule has 0 aliphatic carbocycles. The minimum atomic E-state index is -0.190. The number of amides is 1. The van der Waals surface area contributed by atoms with Gasteiger partial charge in [-0.2, -0.15) is 0 Å². The van der Waals surface area contributed by atoms with E-state index in [1.54, 1.807) is 4.90 Å². The predicted octanol–water partition coefficient (Wildman–Crippen LogP) is 1.85. The van der Waals surface area contributed by atoms with Crippen LogP contribution in [0.3, 0.4) is 0 Å². The number of ether oxygens (including phenoxy) is 1. The summed E-state index contributed by atoms with van der Waals surface area (Å²) in [6.45, 7) is 8.57. The van der Waals surface area contributed by atoms with Crippen molar-refractivity contribution in [3.63, 3.8) is 0 Å². The molecule has 2 fully saturated rings. The largest absolute Gasteiger partial charge is 0.448 e. The summed E-state index contributed by atoms with van der Waals surface area (Å²) in [7, 11) is 2.14. The lowest BCUT2D eigenvalue weighted by Crippen LogP contribution is -2.49. The third-order valence-electron chi connectivity index (χ3n) is 4.96. The molecule has 2 heterocycles. The van der Waals surface area contributed by atoms with Crippen LogP contribution in [-0.4, -0.2) is 93.4 Å². The van der Waals surface area contributed by atoms with Crippen LogP contribution in [-0.2, 0) is 4.74 Å². The van der Waals surface area contributed by atoms with Crippen LogP contribution in [0.2, 0.25) is 5.02 Å². The molecular formula is C18H27ClN4O2. The molecule has 2 saturated heterocycles. The maximum Gasteiger partial charge on any atom is 0.409 e. The SMILES string of the molecule is CN1CCN(CCOC(=O)N2CCN(c3ccc(Cl)cc3)CC2)CC1. The van der Waals surface area contributed by atoms with E-state index in [0.29, 0.717) is 19.7 Å². The molecule has 1 aromatic rings. The van der Waals surface area contributed by atoms with Crippen molar-refractivity contribution in [3.8, 4) is 0 Å². The molecule has 6 nitrogen and oxygen atoms in total. The average molecular weight is 367 g/mol. The first kappa shape index (κ1) is 18.3. The summed E-state index contributed by atoms with van der Waals surface area (Å²) in [5.41, 5.74) is 1.15. The van der Waals surface area contributed by atoms with Crippen LogP contribution in [0, 0.1) is 0 Å². The van der Waals surface area contributed by atoms with Crippen molar-refractivity contribution >= 4 is 23.4 Å². The van der Waals surface area contributed by atoms with Crippen LogP contribution >= 0.6 is 11.6 Å². The number of hydrogen-bond acceptors (Lipinski definition) is 5. The van der Waals surface area contributed by atoms with Crippen molar-refractivity contribution < 1.29 is 9.53 Å². The topological polar surface area (TPSA) is 39.3 Å². The van der Waals surface area contributed by atoms with Gasteiger partial charge in [-0.05, 0) is 31.3 Å². The molecule has 2 aliphatic heterocycles. The van der Waals surface area contributed by atoms with E-state index >= 15 is 0 Å². The third-order valence-corrected chi connectivity index (χ3v) is 5.21. The summed E-state index contributed by atoms with van der Waals surface area (Å²) in [6, 6.07) is 7.84. The molecule has 25 heavy (non-hydrogen) atoms. The predicted molar refractivity (Wildman–Crippen MR) is 101 cm³/mol. The Morgan fingerprint density at radius 3 is 2.28 bits per heavy atom. The lowest BCUT2D eigenvalue weighted by Gasteiger charge is -2.36. The molecule has 0 saturated carbocycles. The average Bonchev–Trinajstić information content (AvgIpc) is 2.64. The lowest BCUT2D eigenvalue weighted by atomic mass is 10.2. The molecule has 1 aromatic carbocycles. The van der Waals surface area contributed by atoms with Gasteiger partial charge in [0.25, 0.3) is 0 Å². The summed E-state index contributed by atoms with van der Waals surface area (Å²) < 4.78 is 5.46. The Hall–Kier alpha value is -1.50. The fourth-order valence-corrected chi connectivity index (χ4v) is 3.35. The van der Waals surface area contributed by atoms with Crippen molar-refractivity contribution in [2.45, 2.75) is 0 Å². The third kappa shape index (κ3) is 5.23. The van der Waals surface area contributed by atoms with Crippen LogP contribution in [0.25, 0.3) is 0 Å². The van der Waals surface area contributed by atoms with Crippen LogP contribution in [0.15, 0.2) is 24.3 Å². The highest BCUT2D eigenvalue weighted by atomic mass is 35.5. The second-order valence-corrected chi connectivity index (χ2v) is 7.15. The number of hydrogen-bond donors (Lipinski definition) is 0. The summed E-state index contributed by atoms with van der Waals surface area (Å²) in [5.74, 6) is 0. The van der Waals surface area contributed by atoms with E-state index in [1.807, 2.05) is 24.3 Å². The minimum Gasteiger partial charge on any atom is -0.448 e. The molecule has 0 spiro atoms. The van der Waals surface area contributed by atoms with Gasteiger partial charge in [-0.25, -0.2) is 4.79 Å². The second-order valence-electron chi connectivity index (χ2n) is 6.71. The standard InChI is InChI=1S/C18H27ClN4O2/c1-20-6-8-21(9-7-20)14-15-25-18(24)23-12-10-22(11-13-23)17-4-2-16(19)3-5-17/h2-5H,6-15H2,1H3. The highest BCUT2D eigenvalue weighted by Gasteiger charge is 2.22. The second kappa shape index (κ2) is 8.74. The zero-order valence-corrected chi connectivity index (χ0v) is 15.6. The lowest BCUT2D eigenvalue weighted by molar-refractivity contribution is 0.0779. The molecule has 0 atom stereocenters. The Bertz CT molecular complexity index is 553. The summed E-state index contributed by atoms with van der Waals surface area (Å²) in [5, 5.41) is 0.742. The van der Waals surface area contributed by atoms with Crippen molar-refractivity contribution in [2.75, 3.05) is 77.5 Å². The van der Waals surface area contributed by atoms with Gasteiger partial charge in [-0.3, -0.25) is 4.90 Å². The summed E-state index contributed by atoms with van der Waals surface area (Å²) in [4.78, 5) is 21.0. The molecule has 0 bridgehead atoms. The highest BCUT2D eigenvalue weighted by molar-refractivity contribution is 6.30. The Balaban J connectivity index is 1.36. The quantitative estimate of drug-likeness (QED) is 0.813. The van der Waals surface area contributed by atoms with Gasteiger partial charge in [-0.15, -0.1) is 0 Å². The van der Waals surface area contributed by atoms with Gasteiger partial charge in [0, 0.05) is 69.6 Å². The molecule has 3 rings (SSSR count). The molecule has 138 valence electrons. The summed E-state index contributed by atoms with van der Waals surface area (Å²) >= 11 is 5.93. The first-order valence-electron chi connectivity index (χ1n) is 8.95. The Morgan fingerprint density at radius 2 is 1.64 bits per heavy atom. The molecule has 0 unspecified atom stereocenters. The van der Waals surface area contributed by atoms with E-state index in [-0.39, 0.29) is 6.09 Å². The Labute approximate surface area is 154 Å². The van der Waals surface area contributed by atoms with Crippen molar-refractivity contribution in [2.24, 2.45) is 0 Å². The van der Waals surface area contributed by atoms with E-state index in [9.17, 15) is 4.79 Å². The zero-order valence-electron chi connectivity index (χ0n) is 14.9. The number of carbonyl (C=O) groups excluding carboxylic acids is 1. The number of piperazine rings is 2. The molecule has 0 N–H and O–H groups in total. The summed E-state index contributed by atoms with van der Waals surface area (Å²) in [6.07, 6.45) is -0.190. The van der Waals surface area contributed by atoms with Gasteiger partial charge in [-0.1, -0.05) is 11.6 Å². The number of carbonyl (C=O) groups is 1. The normalized spacial score (nSPS) is 19.9. The first-order chi connectivity index (χ1) is 12.1. The first-order valence-corrected chi connectivity index (χ1v) is 9.33. The fraction of sp³-hybridized carbons (Fsp3) is 0.611. The molecule has 0 radical (unpaired) electrons. The number of benzene rings is 1. The van der Waals surface area contributed by atoms with E-state index in [2.05, 4.69) is 21.7 Å². The van der Waals surface area contributed by atoms with E-state index in [1.165, 1.54) is 0 Å². The minimum absolute atomic E-state index is 0.190. The Kier molecular flexibility index (Phi) is 6.39. The Morgan fingerprint density at radius 1 is 1.00 bits per heavy atom. The number of nitrogens with zero attached hydrogens (tertiary/aromatic N) is 4. The van der Waals surface area contributed by atoms with Crippen molar-refractivity contribution in [1.82, 2.24) is 14.7 Å². The fourth-order valence-electron chi connectivity index (χ4n) is 3.22. The maximum absolute atomic E-state index is 12.2. The van der Waals surface area contributed by atoms with Gasteiger partial charge < -0.3 is 19.4 Å². The van der Waals surface area contributed by atoms with E-state index in [0.717, 1.165) is 56.5 Å². The molecule has 0 aromatic heterocycles. The molecule has 2 aliphatic rings. The highest BCUT2D eigenvalue weighted by Crippen LogP contribution is 2.19. The van der Waals surface area contributed by atoms with Gasteiger partial charge in [0.15, 0.2) is 0 Å². The molecular weight excluding hydrogens is 340 g/mol. The van der Waals surface area contributed by atoms with E-state index in [4.69, 9.17) is 16.3 Å². The van der Waals surface area contributed by atoms with Crippen molar-refractivity contribution in [3.05, 3.63) is 29.3 Å². The van der Waals surface area contributed by atoms with Crippen LogP contribution in [0.5, 0.6) is 0 Å². The van der Waals surface area contributed by atoms with Crippen molar-refractivity contribution in [1.29, 1.82) is 0 Å². The van der Waals surface area contributed by atoms with Gasteiger partial charge in [0.1, 0.15) is 6.61 Å². The molecule has 1 amide bonds. The number of halogens is 1. The number of likely N-dealkylation sites (N-methyl/N-ethyl adjacent to an activating group) is 1. The van der Waals surface area contributed by atoms with Gasteiger partial charge in [0.05, 0.1) is 0 Å². The van der Waals surface area contributed by atoms with E-state index < -0.39 is 0 Å². The monoisotopic (exact) mass is 366 g/mol. The van der Waals surface area contributed by atoms with Gasteiger partial charge >= 0.3 is 6.09 Å². The maximum atomic E-state index is 12.2. The number of rotatable bonds is 4. The number of anilines is 1. The molecule has 7 heteroatoms.